The first-order valence-corrected chi connectivity index (χ1v) is 24.8. The number of likely N-dealkylation sites (tertiary alicyclic amines) is 2. The van der Waals surface area contributed by atoms with E-state index in [9.17, 15) is 28.8 Å². The molecule has 358 valence electrons. The van der Waals surface area contributed by atoms with E-state index in [1.165, 1.54) is 0 Å². The molecule has 4 aromatic rings. The third-order valence-electron chi connectivity index (χ3n) is 14.8. The van der Waals surface area contributed by atoms with Gasteiger partial charge in [0.1, 0.15) is 18.1 Å². The van der Waals surface area contributed by atoms with E-state index in [0.717, 1.165) is 44.5 Å². The van der Waals surface area contributed by atoms with Gasteiger partial charge in [0.15, 0.2) is 5.78 Å². The van der Waals surface area contributed by atoms with Crippen LogP contribution in [0.15, 0.2) is 97.1 Å². The van der Waals surface area contributed by atoms with Crippen LogP contribution in [-0.2, 0) is 28.8 Å². The molecule has 2 aliphatic heterocycles. The van der Waals surface area contributed by atoms with E-state index in [2.05, 4.69) is 57.7 Å². The summed E-state index contributed by atoms with van der Waals surface area (Å²) in [5, 5.41) is 12.2. The summed E-state index contributed by atoms with van der Waals surface area (Å²) in [4.78, 5) is 87.0. The number of unbranched alkanes of at least 4 members (excludes halogenated alkanes) is 3. The van der Waals surface area contributed by atoms with E-state index in [1.807, 2.05) is 60.7 Å². The average molecular weight is 922 g/mol. The largest absolute Gasteiger partial charge is 0.344 e. The first-order chi connectivity index (χ1) is 33.0. The fourth-order valence-corrected chi connectivity index (χ4v) is 10.8. The molecule has 5 amide bonds. The van der Waals surface area contributed by atoms with Crippen molar-refractivity contribution in [3.05, 3.63) is 119 Å². The summed E-state index contributed by atoms with van der Waals surface area (Å²) in [5.74, 6) is -1.88. The van der Waals surface area contributed by atoms with Gasteiger partial charge in [-0.1, -0.05) is 130 Å². The van der Waals surface area contributed by atoms with Crippen LogP contribution in [-0.4, -0.2) is 102 Å². The Labute approximate surface area is 400 Å². The Morgan fingerprint density at radius 2 is 1.04 bits per heavy atom. The maximum atomic E-state index is 14.4. The first-order valence-electron chi connectivity index (χ1n) is 24.8. The van der Waals surface area contributed by atoms with Gasteiger partial charge in [0, 0.05) is 37.9 Å². The summed E-state index contributed by atoms with van der Waals surface area (Å²) in [6, 6.07) is 28.8. The van der Waals surface area contributed by atoms with Gasteiger partial charge in [0.2, 0.25) is 29.5 Å². The number of nitrogens with zero attached hydrogens (tertiary/aromatic N) is 2. The molecule has 13 nitrogen and oxygen atoms in total. The van der Waals surface area contributed by atoms with Crippen LogP contribution in [0.4, 0.5) is 0 Å². The smallest absolute Gasteiger partial charge is 0.245 e. The van der Waals surface area contributed by atoms with Gasteiger partial charge in [-0.15, -0.1) is 0 Å². The number of fused-ring (bicyclic) bond motifs is 6. The molecule has 13 heteroatoms. The molecule has 4 aliphatic rings. The van der Waals surface area contributed by atoms with Crippen LogP contribution in [0.2, 0.25) is 0 Å². The van der Waals surface area contributed by atoms with Crippen LogP contribution in [0.1, 0.15) is 119 Å². The molecule has 2 fully saturated rings. The number of rotatable bonds is 20. The summed E-state index contributed by atoms with van der Waals surface area (Å²) >= 11 is 0. The van der Waals surface area contributed by atoms with Crippen LogP contribution in [0.25, 0.3) is 22.3 Å². The molecular formula is C55H67N7O6. The third kappa shape index (κ3) is 10.1. The van der Waals surface area contributed by atoms with Gasteiger partial charge in [-0.2, -0.15) is 0 Å². The van der Waals surface area contributed by atoms with Crippen molar-refractivity contribution >= 4 is 35.3 Å². The number of nitrogens with two attached hydrogens (primary N) is 1. The summed E-state index contributed by atoms with van der Waals surface area (Å²) in [7, 11) is 1.69. The second-order valence-electron chi connectivity index (χ2n) is 19.2. The highest BCUT2D eigenvalue weighted by Crippen LogP contribution is 2.47. The molecule has 0 saturated carbocycles. The number of hydrogen-bond acceptors (Lipinski definition) is 8. The molecule has 0 radical (unpaired) electrons. The second kappa shape index (κ2) is 21.8. The molecule has 4 aromatic carbocycles. The predicted molar refractivity (Wildman–Crippen MR) is 263 cm³/mol. The Kier molecular flexibility index (Phi) is 15.5. The van der Waals surface area contributed by atoms with E-state index in [-0.39, 0.29) is 60.2 Å². The van der Waals surface area contributed by atoms with E-state index in [0.29, 0.717) is 77.3 Å². The number of carbonyl (C=O) groups is 6. The molecule has 2 heterocycles. The number of carbonyl (C=O) groups excluding carboxylic acids is 6. The summed E-state index contributed by atoms with van der Waals surface area (Å²) in [6.45, 7) is 4.46. The Morgan fingerprint density at radius 1 is 0.603 bits per heavy atom. The van der Waals surface area contributed by atoms with Crippen molar-refractivity contribution in [3.8, 4) is 22.3 Å². The zero-order chi connectivity index (χ0) is 47.9. The van der Waals surface area contributed by atoms with Crippen molar-refractivity contribution < 1.29 is 28.8 Å². The highest BCUT2D eigenvalue weighted by molar-refractivity contribution is 5.96. The Balaban J connectivity index is 0.885. The molecule has 0 aromatic heterocycles. The molecule has 0 spiro atoms. The van der Waals surface area contributed by atoms with Gasteiger partial charge in [0.25, 0.3) is 0 Å². The van der Waals surface area contributed by atoms with Crippen molar-refractivity contribution in [1.82, 2.24) is 31.1 Å². The topological polar surface area (TPSA) is 183 Å². The molecule has 0 bridgehead atoms. The van der Waals surface area contributed by atoms with Gasteiger partial charge in [-0.25, -0.2) is 0 Å². The summed E-state index contributed by atoms with van der Waals surface area (Å²) < 4.78 is 0. The lowest BCUT2D eigenvalue weighted by Gasteiger charge is -2.30. The fraction of sp³-hybridized carbons (Fsp3) is 0.455. The van der Waals surface area contributed by atoms with Crippen LogP contribution in [0, 0.1) is 5.92 Å². The summed E-state index contributed by atoms with van der Waals surface area (Å²) in [5.41, 5.74) is 14.6. The van der Waals surface area contributed by atoms with Crippen molar-refractivity contribution in [2.45, 2.75) is 127 Å². The number of benzene rings is 4. The van der Waals surface area contributed by atoms with Gasteiger partial charge in [-0.3, -0.25) is 28.8 Å². The number of Topliss-reactive ketones (excluding diaryl/α,β-unsaturated/α-hetero) is 1. The van der Waals surface area contributed by atoms with Gasteiger partial charge < -0.3 is 36.8 Å². The van der Waals surface area contributed by atoms with E-state index in [4.69, 9.17) is 5.73 Å². The number of hydrogen-bond donors (Lipinski definition) is 5. The SMILES string of the molecule is CN[C@@H](C)C(=O)N[C@@H](CCCCCC[C@H](NC(=O)[C@H](C)CN)C(=O)N1CCC[C@H]1C(=O)CC1c2ccccc2-c2ccccc21)C(=O)N1CCC[C@H]1C(=O)NC1c2ccccc2-c2ccccc21. The predicted octanol–water partition coefficient (Wildman–Crippen LogP) is 6.14. The molecular weight excluding hydrogens is 855 g/mol. The van der Waals surface area contributed by atoms with Crippen molar-refractivity contribution in [1.29, 1.82) is 0 Å². The minimum absolute atomic E-state index is 0.0271. The molecule has 2 saturated heterocycles. The minimum atomic E-state index is -0.832. The molecule has 68 heavy (non-hydrogen) atoms. The average Bonchev–Trinajstić information content (AvgIpc) is 4.18. The second-order valence-corrected chi connectivity index (χ2v) is 19.2. The Morgan fingerprint density at radius 3 is 1.54 bits per heavy atom. The van der Waals surface area contributed by atoms with Gasteiger partial charge >= 0.3 is 0 Å². The lowest BCUT2D eigenvalue weighted by atomic mass is 9.89. The molecule has 6 atom stereocenters. The van der Waals surface area contributed by atoms with E-state index < -0.39 is 36.1 Å². The fourth-order valence-electron chi connectivity index (χ4n) is 10.8. The van der Waals surface area contributed by atoms with Crippen LogP contribution < -0.4 is 27.0 Å². The monoisotopic (exact) mass is 922 g/mol. The number of amides is 5. The number of likely N-dealkylation sites (N-methyl/N-ethyl adjacent to an activating group) is 1. The van der Waals surface area contributed by atoms with Crippen LogP contribution in [0.3, 0.4) is 0 Å². The molecule has 6 N–H and O–H groups in total. The zero-order valence-electron chi connectivity index (χ0n) is 39.7. The lowest BCUT2D eigenvalue weighted by molar-refractivity contribution is -0.142. The first kappa shape index (κ1) is 48.3. The summed E-state index contributed by atoms with van der Waals surface area (Å²) in [6.07, 6.45) is 6.14. The Bertz CT molecular complexity index is 2250. The van der Waals surface area contributed by atoms with Crippen molar-refractivity contribution in [2.75, 3.05) is 26.7 Å². The highest BCUT2D eigenvalue weighted by atomic mass is 16.2. The third-order valence-corrected chi connectivity index (χ3v) is 14.8. The van der Waals surface area contributed by atoms with Crippen LogP contribution in [0.5, 0.6) is 0 Å². The van der Waals surface area contributed by atoms with E-state index in [1.54, 1.807) is 30.7 Å². The Hall–Kier alpha value is -6.18. The molecule has 2 aliphatic carbocycles. The number of ketones is 1. The standard InChI is InChI=1S/C55H67N7O6/c1-34(33-56)51(64)58-45(54(67)61-30-16-28-47(61)49(63)32-44-40-22-10-8-18-36(40)37-19-9-11-23-41(37)44)26-6-4-5-7-27-46(59-52(65)35(2)57-3)55(68)62-31-17-29-48(62)53(66)60-50-42-24-14-12-20-38(42)39-21-13-15-25-43(39)50/h8-15,18-25,34-35,44-48,50,57H,4-7,16-17,26-33,56H2,1-3H3,(H,58,64)(H,59,65)(H,60,66)/t34-,35+,45+,46+,47+,48+/m1/s1. The zero-order valence-corrected chi connectivity index (χ0v) is 39.7. The van der Waals surface area contributed by atoms with E-state index >= 15 is 0 Å². The van der Waals surface area contributed by atoms with Crippen LogP contribution >= 0.6 is 0 Å². The lowest BCUT2D eigenvalue weighted by Crippen LogP contribution is -2.55. The quantitative estimate of drug-likeness (QED) is 0.0656. The highest BCUT2D eigenvalue weighted by Gasteiger charge is 2.42. The van der Waals surface area contributed by atoms with Crippen molar-refractivity contribution in [3.63, 3.8) is 0 Å². The van der Waals surface area contributed by atoms with Crippen molar-refractivity contribution in [2.24, 2.45) is 11.7 Å². The maximum absolute atomic E-state index is 14.4. The normalized spacial score (nSPS) is 19.0. The maximum Gasteiger partial charge on any atom is 0.245 e. The molecule has 0 unspecified atom stereocenters. The number of nitrogens with one attached hydrogen (secondary N) is 4. The van der Waals surface area contributed by atoms with Gasteiger partial charge in [-0.05, 0) is 97.0 Å². The molecule has 8 rings (SSSR count). The minimum Gasteiger partial charge on any atom is -0.344 e. The van der Waals surface area contributed by atoms with Gasteiger partial charge in [0.05, 0.1) is 18.1 Å².